The highest BCUT2D eigenvalue weighted by molar-refractivity contribution is 5.95. The van der Waals surface area contributed by atoms with Crippen molar-refractivity contribution in [1.29, 1.82) is 0 Å². The van der Waals surface area contributed by atoms with Gasteiger partial charge in [-0.3, -0.25) is 19.3 Å². The van der Waals surface area contributed by atoms with Crippen LogP contribution in [0.2, 0.25) is 0 Å². The first kappa shape index (κ1) is 19.4. The Balaban J connectivity index is 1.53. The molecule has 1 fully saturated rings. The molecule has 0 saturated carbocycles. The Labute approximate surface area is 166 Å². The second-order valence-corrected chi connectivity index (χ2v) is 7.19. The Hall–Kier alpha value is -2.88. The average molecular weight is 405 g/mol. The number of amides is 2. The number of ether oxygens (including phenoxy) is 1. The summed E-state index contributed by atoms with van der Waals surface area (Å²) in [7, 11) is 0. The van der Waals surface area contributed by atoms with Crippen LogP contribution in [-0.4, -0.2) is 57.3 Å². The molecule has 10 heteroatoms. The number of carbonyl (C=O) groups is 2. The summed E-state index contributed by atoms with van der Waals surface area (Å²) in [5.74, 6) is -0.310. The Kier molecular flexibility index (Phi) is 5.27. The quantitative estimate of drug-likeness (QED) is 0.771. The van der Waals surface area contributed by atoms with Gasteiger partial charge in [0.05, 0.1) is 43.7 Å². The first-order valence-electron chi connectivity index (χ1n) is 9.39. The van der Waals surface area contributed by atoms with Gasteiger partial charge in [-0.05, 0) is 24.6 Å². The highest BCUT2D eigenvalue weighted by Gasteiger charge is 2.32. The van der Waals surface area contributed by atoms with E-state index < -0.39 is 6.43 Å². The van der Waals surface area contributed by atoms with E-state index in [0.717, 1.165) is 5.69 Å². The van der Waals surface area contributed by atoms with Crippen LogP contribution in [-0.2, 0) is 33.8 Å². The molecular weight excluding hydrogens is 384 g/mol. The van der Waals surface area contributed by atoms with Crippen molar-refractivity contribution in [3.8, 4) is 0 Å². The lowest BCUT2D eigenvalue weighted by Gasteiger charge is -2.36. The maximum atomic E-state index is 12.9. The number of halogens is 2. The normalized spacial score (nSPS) is 19.6. The summed E-state index contributed by atoms with van der Waals surface area (Å²) < 4.78 is 32.7. The predicted octanol–water partition coefficient (Wildman–Crippen LogP) is 1.55. The maximum absolute atomic E-state index is 12.9. The maximum Gasteiger partial charge on any atom is 0.280 e. The minimum atomic E-state index is -2.68. The molecule has 154 valence electrons. The third-order valence-electron chi connectivity index (χ3n) is 5.24. The summed E-state index contributed by atoms with van der Waals surface area (Å²) in [6.45, 7) is 3.63. The summed E-state index contributed by atoms with van der Waals surface area (Å²) in [6.07, 6.45) is 0.270. The predicted molar refractivity (Wildman–Crippen MR) is 98.3 cm³/mol. The second kappa shape index (κ2) is 7.86. The van der Waals surface area contributed by atoms with Crippen LogP contribution in [0.5, 0.6) is 0 Å². The fraction of sp³-hybridized carbons (Fsp3) is 0.474. The molecule has 0 N–H and O–H groups in total. The van der Waals surface area contributed by atoms with E-state index in [1.54, 1.807) is 22.1 Å². The minimum Gasteiger partial charge on any atom is -0.370 e. The van der Waals surface area contributed by atoms with Gasteiger partial charge in [0.15, 0.2) is 0 Å². The third kappa shape index (κ3) is 3.84. The number of fused-ring (bicyclic) bond motifs is 1. The molecule has 4 heterocycles. The van der Waals surface area contributed by atoms with Crippen molar-refractivity contribution in [2.45, 2.75) is 38.9 Å². The van der Waals surface area contributed by atoms with E-state index in [1.165, 1.54) is 12.3 Å². The van der Waals surface area contributed by atoms with Crippen molar-refractivity contribution >= 4 is 17.5 Å². The summed E-state index contributed by atoms with van der Waals surface area (Å²) in [4.78, 5) is 32.1. The number of carbonyl (C=O) groups excluding carboxylic acids is 2. The van der Waals surface area contributed by atoms with Crippen LogP contribution >= 0.6 is 0 Å². The molecule has 29 heavy (non-hydrogen) atoms. The number of aromatic nitrogens is 3. The Morgan fingerprint density at radius 1 is 1.41 bits per heavy atom. The molecule has 2 aliphatic rings. The van der Waals surface area contributed by atoms with E-state index in [9.17, 15) is 18.4 Å². The van der Waals surface area contributed by atoms with Crippen LogP contribution in [0.15, 0.2) is 24.5 Å². The van der Waals surface area contributed by atoms with Crippen LogP contribution < -0.4 is 4.90 Å². The number of anilines is 1. The Bertz CT molecular complexity index is 932. The number of rotatable bonds is 4. The number of nitrogens with zero attached hydrogens (tertiary/aromatic N) is 5. The van der Waals surface area contributed by atoms with Crippen molar-refractivity contribution in [3.05, 3.63) is 41.5 Å². The van der Waals surface area contributed by atoms with Crippen molar-refractivity contribution in [1.82, 2.24) is 19.7 Å². The van der Waals surface area contributed by atoms with Crippen LogP contribution in [0.1, 0.15) is 30.3 Å². The molecule has 2 aliphatic heterocycles. The average Bonchev–Trinajstić information content (AvgIpc) is 3.10. The monoisotopic (exact) mass is 405 g/mol. The molecule has 2 aromatic rings. The van der Waals surface area contributed by atoms with Gasteiger partial charge in [0.1, 0.15) is 12.3 Å². The van der Waals surface area contributed by atoms with Crippen molar-refractivity contribution in [2.75, 3.05) is 24.7 Å². The van der Waals surface area contributed by atoms with Crippen LogP contribution in [0, 0.1) is 0 Å². The molecule has 2 amide bonds. The fourth-order valence-electron chi connectivity index (χ4n) is 3.72. The van der Waals surface area contributed by atoms with Crippen molar-refractivity contribution < 1.29 is 23.1 Å². The molecule has 4 rings (SSSR count). The van der Waals surface area contributed by atoms with Gasteiger partial charge in [0.25, 0.3) is 12.3 Å². The van der Waals surface area contributed by atoms with Crippen LogP contribution in [0.3, 0.4) is 0 Å². The summed E-state index contributed by atoms with van der Waals surface area (Å²) in [6, 6.07) is 2.72. The van der Waals surface area contributed by atoms with E-state index in [4.69, 9.17) is 4.74 Å². The molecule has 0 aliphatic carbocycles. The second-order valence-electron chi connectivity index (χ2n) is 7.19. The molecule has 0 aromatic carbocycles. The smallest absolute Gasteiger partial charge is 0.280 e. The van der Waals surface area contributed by atoms with Gasteiger partial charge in [-0.2, -0.15) is 5.10 Å². The van der Waals surface area contributed by atoms with Gasteiger partial charge in [-0.1, -0.05) is 0 Å². The SMILES string of the molecule is C[C@H]1Cn2ncc(N3CCOCC3=O)c2CN1C(=O)Cc1ccnc(C(F)F)c1. The largest absolute Gasteiger partial charge is 0.370 e. The topological polar surface area (TPSA) is 80.6 Å². The lowest BCUT2D eigenvalue weighted by atomic mass is 10.1. The Morgan fingerprint density at radius 2 is 2.24 bits per heavy atom. The molecule has 2 aromatic heterocycles. The first-order valence-corrected chi connectivity index (χ1v) is 9.39. The lowest BCUT2D eigenvalue weighted by molar-refractivity contribution is -0.134. The molecule has 1 saturated heterocycles. The molecule has 1 atom stereocenters. The number of pyridine rings is 1. The summed E-state index contributed by atoms with van der Waals surface area (Å²) >= 11 is 0. The van der Waals surface area contributed by atoms with Gasteiger partial charge >= 0.3 is 0 Å². The third-order valence-corrected chi connectivity index (χ3v) is 5.24. The van der Waals surface area contributed by atoms with E-state index in [0.29, 0.717) is 37.5 Å². The number of morpholine rings is 1. The molecule has 0 radical (unpaired) electrons. The first-order chi connectivity index (χ1) is 13.9. The zero-order valence-electron chi connectivity index (χ0n) is 15.9. The van der Waals surface area contributed by atoms with Crippen LogP contribution in [0.4, 0.5) is 14.5 Å². The molecule has 0 bridgehead atoms. The van der Waals surface area contributed by atoms with Gasteiger partial charge in [0, 0.05) is 18.8 Å². The summed E-state index contributed by atoms with van der Waals surface area (Å²) in [5, 5.41) is 4.38. The molecule has 8 nitrogen and oxygen atoms in total. The van der Waals surface area contributed by atoms with E-state index >= 15 is 0 Å². The standard InChI is InChI=1S/C19H21F2N5O3/c1-12-9-26-16(15(8-23-26)24-4-5-29-11-18(24)28)10-25(12)17(27)7-13-2-3-22-14(6-13)19(20)21/h2-3,6,8,12,19H,4-5,7,9-11H2,1H3/t12-/m0/s1. The minimum absolute atomic E-state index is 0.00648. The Morgan fingerprint density at radius 3 is 3.00 bits per heavy atom. The molecular formula is C19H21F2N5O3. The number of hydrogen-bond donors (Lipinski definition) is 0. The fourth-order valence-corrected chi connectivity index (χ4v) is 3.72. The molecule has 0 spiro atoms. The van der Waals surface area contributed by atoms with E-state index in [1.807, 2.05) is 11.6 Å². The van der Waals surface area contributed by atoms with Gasteiger partial charge in [-0.15, -0.1) is 0 Å². The van der Waals surface area contributed by atoms with Crippen LogP contribution in [0.25, 0.3) is 0 Å². The van der Waals surface area contributed by atoms with Gasteiger partial charge < -0.3 is 14.5 Å². The van der Waals surface area contributed by atoms with Gasteiger partial charge in [-0.25, -0.2) is 8.78 Å². The zero-order valence-corrected chi connectivity index (χ0v) is 15.9. The summed E-state index contributed by atoms with van der Waals surface area (Å²) in [5.41, 5.74) is 1.63. The molecule has 0 unspecified atom stereocenters. The lowest BCUT2D eigenvalue weighted by Crippen LogP contribution is -2.47. The number of alkyl halides is 2. The van der Waals surface area contributed by atoms with Gasteiger partial charge in [0.2, 0.25) is 5.91 Å². The van der Waals surface area contributed by atoms with Crippen molar-refractivity contribution in [3.63, 3.8) is 0 Å². The van der Waals surface area contributed by atoms with Crippen molar-refractivity contribution in [2.24, 2.45) is 0 Å². The number of hydrogen-bond acceptors (Lipinski definition) is 5. The van der Waals surface area contributed by atoms with E-state index in [2.05, 4.69) is 10.1 Å². The van der Waals surface area contributed by atoms with E-state index in [-0.39, 0.29) is 36.6 Å². The zero-order chi connectivity index (χ0) is 20.5. The highest BCUT2D eigenvalue weighted by Crippen LogP contribution is 2.28. The highest BCUT2D eigenvalue weighted by atomic mass is 19.3.